The molecule has 0 fully saturated rings. The van der Waals surface area contributed by atoms with Gasteiger partial charge in [-0.05, 0) is 48.5 Å². The van der Waals surface area contributed by atoms with Gasteiger partial charge in [0.05, 0.1) is 0 Å². The number of fused-ring (bicyclic) bond motifs is 1. The van der Waals surface area contributed by atoms with Crippen LogP contribution in [0.5, 0.6) is 0 Å². The van der Waals surface area contributed by atoms with Gasteiger partial charge in [0.1, 0.15) is 6.07 Å². The van der Waals surface area contributed by atoms with E-state index in [4.69, 9.17) is 0 Å². The van der Waals surface area contributed by atoms with Crippen molar-refractivity contribution >= 4 is 64.5 Å². The summed E-state index contributed by atoms with van der Waals surface area (Å²) in [5, 5.41) is 10.2. The van der Waals surface area contributed by atoms with Crippen LogP contribution in [0.1, 0.15) is 5.56 Å². The van der Waals surface area contributed by atoms with E-state index >= 15 is 0 Å². The first-order valence-electron chi connectivity index (χ1n) is 7.06. The normalized spacial score (nSPS) is 12.1. The maximum Gasteiger partial charge on any atom is 0.272 e. The van der Waals surface area contributed by atoms with Crippen molar-refractivity contribution in [2.75, 3.05) is 4.72 Å². The molecule has 0 spiro atoms. The Bertz CT molecular complexity index is 1110. The molecule has 2 aromatic carbocycles. The molecule has 0 aliphatic heterocycles. The molecule has 1 aromatic heterocycles. The van der Waals surface area contributed by atoms with Gasteiger partial charge in [-0.2, -0.15) is 5.26 Å². The number of H-pyrrole nitrogens is 1. The summed E-state index contributed by atoms with van der Waals surface area (Å²) in [6.45, 7) is 0. The Morgan fingerprint density at radius 3 is 2.48 bits per heavy atom. The predicted molar refractivity (Wildman–Crippen MR) is 106 cm³/mol. The average Bonchev–Trinajstić information content (AvgIpc) is 2.96. The molecule has 0 atom stereocenters. The predicted octanol–water partition coefficient (Wildman–Crippen LogP) is 5.00. The zero-order chi connectivity index (χ0) is 18.0. The van der Waals surface area contributed by atoms with Crippen molar-refractivity contribution in [2.24, 2.45) is 0 Å². The summed E-state index contributed by atoms with van der Waals surface area (Å²) in [6.07, 6.45) is 3.02. The van der Waals surface area contributed by atoms with Gasteiger partial charge in [-0.15, -0.1) is 0 Å². The number of allylic oxidation sites excluding steroid dienone is 1. The van der Waals surface area contributed by atoms with E-state index in [1.165, 1.54) is 6.08 Å². The van der Waals surface area contributed by atoms with Crippen LogP contribution >= 0.6 is 31.9 Å². The van der Waals surface area contributed by atoms with E-state index in [1.807, 2.05) is 18.2 Å². The van der Waals surface area contributed by atoms with E-state index in [0.717, 1.165) is 19.8 Å². The third-order valence-electron chi connectivity index (χ3n) is 3.46. The molecule has 0 saturated carbocycles. The number of benzene rings is 2. The molecule has 0 radical (unpaired) electrons. The fourth-order valence-corrected chi connectivity index (χ4v) is 3.86. The van der Waals surface area contributed by atoms with Crippen LogP contribution in [0.25, 0.3) is 17.0 Å². The van der Waals surface area contributed by atoms with Crippen LogP contribution in [0, 0.1) is 11.3 Å². The van der Waals surface area contributed by atoms with Crippen LogP contribution in [-0.4, -0.2) is 13.4 Å². The zero-order valence-electron chi connectivity index (χ0n) is 12.6. The molecular formula is C17H11Br2N3O2S. The Balaban J connectivity index is 2.00. The molecule has 2 N–H and O–H groups in total. The average molecular weight is 481 g/mol. The minimum atomic E-state index is -3.98. The van der Waals surface area contributed by atoms with Crippen molar-refractivity contribution in [3.8, 4) is 6.07 Å². The Morgan fingerprint density at radius 1 is 1.12 bits per heavy atom. The lowest BCUT2D eigenvalue weighted by Crippen LogP contribution is -2.14. The largest absolute Gasteiger partial charge is 0.361 e. The van der Waals surface area contributed by atoms with E-state index < -0.39 is 10.0 Å². The number of rotatable bonds is 4. The van der Waals surface area contributed by atoms with Gasteiger partial charge in [0.15, 0.2) is 4.91 Å². The summed E-state index contributed by atoms with van der Waals surface area (Å²) in [4.78, 5) is 2.69. The van der Waals surface area contributed by atoms with Crippen LogP contribution < -0.4 is 4.72 Å². The van der Waals surface area contributed by atoms with Gasteiger partial charge in [-0.25, -0.2) is 8.42 Å². The number of halogens is 2. The molecule has 0 aliphatic rings. The summed E-state index contributed by atoms with van der Waals surface area (Å²) in [6, 6.07) is 14.0. The number of hydrogen-bond donors (Lipinski definition) is 2. The second-order valence-electron chi connectivity index (χ2n) is 5.17. The Hall–Kier alpha value is -2.08. The van der Waals surface area contributed by atoms with Crippen LogP contribution in [0.15, 0.2) is 62.5 Å². The number of anilines is 1. The molecule has 126 valence electrons. The van der Waals surface area contributed by atoms with E-state index in [0.29, 0.717) is 11.3 Å². The number of nitrogens with one attached hydrogen (secondary N) is 2. The minimum absolute atomic E-state index is 0.365. The third kappa shape index (κ3) is 3.95. The van der Waals surface area contributed by atoms with E-state index in [-0.39, 0.29) is 4.91 Å². The maximum atomic E-state index is 12.5. The van der Waals surface area contributed by atoms with Crippen molar-refractivity contribution in [1.29, 1.82) is 5.26 Å². The number of nitrogens with zero attached hydrogens (tertiary/aromatic N) is 1. The van der Waals surface area contributed by atoms with Gasteiger partial charge in [0.25, 0.3) is 10.0 Å². The molecule has 5 nitrogen and oxygen atoms in total. The van der Waals surface area contributed by atoms with Crippen molar-refractivity contribution in [1.82, 2.24) is 4.98 Å². The fraction of sp³-hybridized carbons (Fsp3) is 0. The Kier molecular flexibility index (Phi) is 4.99. The number of aromatic nitrogens is 1. The minimum Gasteiger partial charge on any atom is -0.361 e. The van der Waals surface area contributed by atoms with E-state index in [9.17, 15) is 13.7 Å². The van der Waals surface area contributed by atoms with Gasteiger partial charge in [0.2, 0.25) is 0 Å². The lowest BCUT2D eigenvalue weighted by Gasteiger charge is -2.07. The second-order valence-corrected chi connectivity index (χ2v) is 8.65. The quantitative estimate of drug-likeness (QED) is 0.515. The summed E-state index contributed by atoms with van der Waals surface area (Å²) >= 11 is 6.68. The van der Waals surface area contributed by atoms with Crippen molar-refractivity contribution in [3.05, 3.63) is 68.1 Å². The monoisotopic (exact) mass is 479 g/mol. The zero-order valence-corrected chi connectivity index (χ0v) is 16.6. The van der Waals surface area contributed by atoms with Gasteiger partial charge in [-0.3, -0.25) is 4.72 Å². The lowest BCUT2D eigenvalue weighted by molar-refractivity contribution is 0.608. The first kappa shape index (κ1) is 17.7. The van der Waals surface area contributed by atoms with Crippen molar-refractivity contribution < 1.29 is 8.42 Å². The highest BCUT2D eigenvalue weighted by Crippen LogP contribution is 2.26. The van der Waals surface area contributed by atoms with Gasteiger partial charge in [0, 0.05) is 37.3 Å². The van der Waals surface area contributed by atoms with Gasteiger partial charge < -0.3 is 4.98 Å². The molecule has 3 aromatic rings. The fourth-order valence-electron chi connectivity index (χ4n) is 2.27. The molecule has 8 heteroatoms. The maximum absolute atomic E-state index is 12.5. The van der Waals surface area contributed by atoms with Gasteiger partial charge >= 0.3 is 0 Å². The van der Waals surface area contributed by atoms with Crippen molar-refractivity contribution in [3.63, 3.8) is 0 Å². The molecular weight excluding hydrogens is 470 g/mol. The Morgan fingerprint density at radius 2 is 1.80 bits per heavy atom. The Labute approximate surface area is 161 Å². The topological polar surface area (TPSA) is 85.8 Å². The highest BCUT2D eigenvalue weighted by Gasteiger charge is 2.18. The lowest BCUT2D eigenvalue weighted by atomic mass is 10.1. The number of nitriles is 1. The molecule has 0 unspecified atom stereocenters. The molecule has 0 amide bonds. The van der Waals surface area contributed by atoms with Crippen LogP contribution in [-0.2, 0) is 10.0 Å². The summed E-state index contributed by atoms with van der Waals surface area (Å²) in [5.74, 6) is 0. The van der Waals surface area contributed by atoms with E-state index in [2.05, 4.69) is 41.6 Å². The molecule has 0 aliphatic carbocycles. The molecule has 1 heterocycles. The smallest absolute Gasteiger partial charge is 0.272 e. The molecule has 0 bridgehead atoms. The highest BCUT2D eigenvalue weighted by atomic mass is 79.9. The number of hydrogen-bond acceptors (Lipinski definition) is 3. The first-order valence-corrected chi connectivity index (χ1v) is 10.1. The highest BCUT2D eigenvalue weighted by molar-refractivity contribution is 9.10. The SMILES string of the molecule is N#C/C(=C\c1c[nH]c2ccc(Br)cc12)S(=O)(=O)Nc1ccc(Br)cc1. The van der Waals surface area contributed by atoms with Gasteiger partial charge in [-0.1, -0.05) is 31.9 Å². The first-order chi connectivity index (χ1) is 11.9. The van der Waals surface area contributed by atoms with Crippen LogP contribution in [0.2, 0.25) is 0 Å². The van der Waals surface area contributed by atoms with Crippen LogP contribution in [0.4, 0.5) is 5.69 Å². The summed E-state index contributed by atoms with van der Waals surface area (Å²) < 4.78 is 29.1. The summed E-state index contributed by atoms with van der Waals surface area (Å²) in [5.41, 5.74) is 1.85. The molecule has 25 heavy (non-hydrogen) atoms. The number of aromatic amines is 1. The van der Waals surface area contributed by atoms with Crippen LogP contribution in [0.3, 0.4) is 0 Å². The van der Waals surface area contributed by atoms with E-state index in [1.54, 1.807) is 36.5 Å². The molecule has 0 saturated heterocycles. The van der Waals surface area contributed by atoms with Crippen molar-refractivity contribution in [2.45, 2.75) is 0 Å². The second kappa shape index (κ2) is 7.04. The number of sulfonamides is 1. The molecule has 3 rings (SSSR count). The summed E-state index contributed by atoms with van der Waals surface area (Å²) in [7, 11) is -3.98. The standard InChI is InChI=1S/C17H11Br2N3O2S/c18-12-1-4-14(5-2-12)22-25(23,24)15(9-20)7-11-10-21-17-6-3-13(19)8-16(11)17/h1-8,10,21-22H/b15-7+. The third-order valence-corrected chi connectivity index (χ3v) is 5.77.